The Kier molecular flexibility index (Phi) is 5.91. The number of nitrogens with one attached hydrogen (secondary N) is 1. The number of alkyl carbamates (subject to hydrolysis) is 1. The van der Waals surface area contributed by atoms with Crippen LogP contribution in [0.3, 0.4) is 0 Å². The van der Waals surface area contributed by atoms with Gasteiger partial charge < -0.3 is 20.1 Å². The maximum absolute atomic E-state index is 12.9. The van der Waals surface area contributed by atoms with E-state index in [0.29, 0.717) is 25.8 Å². The zero-order valence-corrected chi connectivity index (χ0v) is 18.3. The second kappa shape index (κ2) is 8.65. The van der Waals surface area contributed by atoms with Crippen molar-refractivity contribution < 1.29 is 24.2 Å². The quantitative estimate of drug-likeness (QED) is 0.719. The molecule has 2 aliphatic rings. The zero-order chi connectivity index (χ0) is 22.9. The van der Waals surface area contributed by atoms with E-state index in [1.807, 2.05) is 36.4 Å². The fourth-order valence-electron chi connectivity index (χ4n) is 5.05. The number of carbonyl (C=O) groups excluding carboxylic acids is 2. The van der Waals surface area contributed by atoms with Gasteiger partial charge in [0.25, 0.3) is 0 Å². The predicted molar refractivity (Wildman–Crippen MR) is 119 cm³/mol. The van der Waals surface area contributed by atoms with Gasteiger partial charge in [-0.05, 0) is 48.4 Å². The summed E-state index contributed by atoms with van der Waals surface area (Å²) in [6.07, 6.45) is 0.682. The van der Waals surface area contributed by atoms with E-state index in [0.717, 1.165) is 22.3 Å². The van der Waals surface area contributed by atoms with Gasteiger partial charge >= 0.3 is 12.1 Å². The average Bonchev–Trinajstić information content (AvgIpc) is 3.37. The Labute approximate surface area is 187 Å². The number of ether oxygens (including phenoxy) is 1. The summed E-state index contributed by atoms with van der Waals surface area (Å²) in [6.45, 7) is 3.85. The summed E-state index contributed by atoms with van der Waals surface area (Å²) in [4.78, 5) is 38.7. The number of carboxylic acids is 1. The Balaban J connectivity index is 1.40. The van der Waals surface area contributed by atoms with Gasteiger partial charge in [0.2, 0.25) is 5.91 Å². The fourth-order valence-corrected chi connectivity index (χ4v) is 5.05. The number of hydrogen-bond acceptors (Lipinski definition) is 4. The first-order chi connectivity index (χ1) is 15.4. The lowest BCUT2D eigenvalue weighted by Crippen LogP contribution is -2.57. The molecule has 0 aromatic heterocycles. The van der Waals surface area contributed by atoms with Gasteiger partial charge in [0.1, 0.15) is 18.2 Å². The number of nitrogens with zero attached hydrogens (tertiary/aromatic N) is 1. The summed E-state index contributed by atoms with van der Waals surface area (Å²) in [6, 6.07) is 15.2. The van der Waals surface area contributed by atoms with Crippen LogP contribution >= 0.6 is 0 Å². The maximum Gasteiger partial charge on any atom is 0.407 e. The molecule has 1 heterocycles. The third-order valence-corrected chi connectivity index (χ3v) is 6.79. The molecule has 2 aromatic rings. The molecule has 1 unspecified atom stereocenters. The van der Waals surface area contributed by atoms with Crippen molar-refractivity contribution in [3.63, 3.8) is 0 Å². The normalized spacial score (nSPS) is 20.4. The minimum absolute atomic E-state index is 0.0718. The summed E-state index contributed by atoms with van der Waals surface area (Å²) in [7, 11) is 0. The van der Waals surface area contributed by atoms with Crippen LogP contribution in [0.1, 0.15) is 50.2 Å². The Morgan fingerprint density at radius 3 is 2.28 bits per heavy atom. The summed E-state index contributed by atoms with van der Waals surface area (Å²) in [5.74, 6) is -1.48. The molecule has 7 heteroatoms. The summed E-state index contributed by atoms with van der Waals surface area (Å²) < 4.78 is 5.51. The molecule has 0 bridgehead atoms. The number of fused-ring (bicyclic) bond motifs is 3. The molecule has 1 aliphatic heterocycles. The van der Waals surface area contributed by atoms with Crippen LogP contribution in [0.5, 0.6) is 0 Å². The lowest BCUT2D eigenvalue weighted by Gasteiger charge is -2.35. The monoisotopic (exact) mass is 436 g/mol. The van der Waals surface area contributed by atoms with E-state index in [1.165, 1.54) is 4.90 Å². The summed E-state index contributed by atoms with van der Waals surface area (Å²) >= 11 is 0. The Bertz CT molecular complexity index is 1010. The largest absolute Gasteiger partial charge is 0.479 e. The molecular weight excluding hydrogens is 408 g/mol. The SMILES string of the molecule is CCC1(C(=O)O)CCCN1C(=O)[C@@H](C)NC(=O)OCC1c2ccccc2-c2ccccc21. The van der Waals surface area contributed by atoms with Gasteiger partial charge in [0.05, 0.1) is 0 Å². The van der Waals surface area contributed by atoms with Crippen molar-refractivity contribution in [3.8, 4) is 11.1 Å². The molecule has 2 N–H and O–H groups in total. The highest BCUT2D eigenvalue weighted by atomic mass is 16.5. The van der Waals surface area contributed by atoms with Crippen molar-refractivity contribution in [1.29, 1.82) is 0 Å². The van der Waals surface area contributed by atoms with Crippen LogP contribution in [-0.2, 0) is 14.3 Å². The molecule has 1 aliphatic carbocycles. The van der Waals surface area contributed by atoms with Gasteiger partial charge in [-0.2, -0.15) is 0 Å². The summed E-state index contributed by atoms with van der Waals surface area (Å²) in [5, 5.41) is 12.3. The number of aliphatic carboxylic acids is 1. The van der Waals surface area contributed by atoms with E-state index in [9.17, 15) is 19.5 Å². The van der Waals surface area contributed by atoms with E-state index in [4.69, 9.17) is 4.74 Å². The highest BCUT2D eigenvalue weighted by molar-refractivity contribution is 5.91. The van der Waals surface area contributed by atoms with Gasteiger partial charge in [-0.25, -0.2) is 9.59 Å². The Morgan fingerprint density at radius 1 is 1.12 bits per heavy atom. The van der Waals surface area contributed by atoms with Crippen LogP contribution in [-0.4, -0.2) is 52.7 Å². The Hall–Kier alpha value is -3.35. The molecule has 1 saturated heterocycles. The third-order valence-electron chi connectivity index (χ3n) is 6.79. The van der Waals surface area contributed by atoms with Crippen molar-refractivity contribution in [1.82, 2.24) is 10.2 Å². The second-order valence-corrected chi connectivity index (χ2v) is 8.48. The number of rotatable bonds is 6. The summed E-state index contributed by atoms with van der Waals surface area (Å²) in [5.41, 5.74) is 3.29. The van der Waals surface area contributed by atoms with Gasteiger partial charge in [-0.3, -0.25) is 4.79 Å². The van der Waals surface area contributed by atoms with E-state index >= 15 is 0 Å². The van der Waals surface area contributed by atoms with Gasteiger partial charge in [-0.15, -0.1) is 0 Å². The van der Waals surface area contributed by atoms with Crippen LogP contribution < -0.4 is 5.32 Å². The topological polar surface area (TPSA) is 95.9 Å². The minimum atomic E-state index is -1.20. The van der Waals surface area contributed by atoms with Gasteiger partial charge in [0.15, 0.2) is 0 Å². The van der Waals surface area contributed by atoms with E-state index < -0.39 is 29.6 Å². The molecule has 0 saturated carbocycles. The van der Waals surface area contributed by atoms with Crippen LogP contribution in [0.25, 0.3) is 11.1 Å². The van der Waals surface area contributed by atoms with Gasteiger partial charge in [-0.1, -0.05) is 55.5 Å². The third kappa shape index (κ3) is 3.61. The highest BCUT2D eigenvalue weighted by Gasteiger charge is 2.49. The number of benzene rings is 2. The molecule has 2 aromatic carbocycles. The molecular formula is C25H28N2O5. The number of likely N-dealkylation sites (tertiary alicyclic amines) is 1. The van der Waals surface area contributed by atoms with Crippen LogP contribution in [0.2, 0.25) is 0 Å². The first-order valence-electron chi connectivity index (χ1n) is 11.1. The smallest absolute Gasteiger partial charge is 0.407 e. The molecule has 2 amide bonds. The molecule has 1 fully saturated rings. The standard InChI is InChI=1S/C25H28N2O5/c1-3-25(23(29)30)13-8-14-27(25)22(28)16(2)26-24(31)32-15-21-19-11-6-4-9-17(19)18-10-5-7-12-20(18)21/h4-7,9-12,16,21H,3,8,13-15H2,1-2H3,(H,26,31)(H,29,30)/t16-,25?/m1/s1. The number of hydrogen-bond donors (Lipinski definition) is 2. The first kappa shape index (κ1) is 21.9. The molecule has 168 valence electrons. The van der Waals surface area contributed by atoms with Crippen LogP contribution in [0.4, 0.5) is 4.79 Å². The number of carboxylic acid groups (broad SMARTS) is 1. The molecule has 0 radical (unpaired) electrons. The second-order valence-electron chi connectivity index (χ2n) is 8.48. The van der Waals surface area contributed by atoms with Crippen molar-refractivity contribution in [2.75, 3.05) is 13.2 Å². The maximum atomic E-state index is 12.9. The first-order valence-corrected chi connectivity index (χ1v) is 11.1. The molecule has 4 rings (SSSR count). The fraction of sp³-hybridized carbons (Fsp3) is 0.400. The van der Waals surface area contributed by atoms with Crippen molar-refractivity contribution in [2.45, 2.75) is 50.6 Å². The zero-order valence-electron chi connectivity index (χ0n) is 18.3. The van der Waals surface area contributed by atoms with Crippen LogP contribution in [0, 0.1) is 0 Å². The number of carbonyl (C=O) groups is 3. The predicted octanol–water partition coefficient (Wildman–Crippen LogP) is 3.77. The molecule has 7 nitrogen and oxygen atoms in total. The lowest BCUT2D eigenvalue weighted by molar-refractivity contribution is -0.157. The molecule has 2 atom stereocenters. The van der Waals surface area contributed by atoms with E-state index in [2.05, 4.69) is 17.4 Å². The van der Waals surface area contributed by atoms with E-state index in [1.54, 1.807) is 13.8 Å². The average molecular weight is 437 g/mol. The van der Waals surface area contributed by atoms with Crippen molar-refractivity contribution >= 4 is 18.0 Å². The van der Waals surface area contributed by atoms with Crippen LogP contribution in [0.15, 0.2) is 48.5 Å². The molecule has 32 heavy (non-hydrogen) atoms. The van der Waals surface area contributed by atoms with Gasteiger partial charge in [0, 0.05) is 12.5 Å². The van der Waals surface area contributed by atoms with Crippen molar-refractivity contribution in [3.05, 3.63) is 59.7 Å². The lowest BCUT2D eigenvalue weighted by atomic mass is 9.92. The molecule has 0 spiro atoms. The van der Waals surface area contributed by atoms with Crippen molar-refractivity contribution in [2.24, 2.45) is 0 Å². The highest BCUT2D eigenvalue weighted by Crippen LogP contribution is 2.44. The van der Waals surface area contributed by atoms with E-state index in [-0.39, 0.29) is 12.5 Å². The number of amides is 2. The Morgan fingerprint density at radius 2 is 1.72 bits per heavy atom. The minimum Gasteiger partial charge on any atom is -0.479 e.